The number of aryl methyl sites for hydroxylation is 2. The van der Waals surface area contributed by atoms with Gasteiger partial charge < -0.3 is 0 Å². The van der Waals surface area contributed by atoms with Gasteiger partial charge in [-0.3, -0.25) is 4.98 Å². The van der Waals surface area contributed by atoms with Crippen molar-refractivity contribution in [2.24, 2.45) is 0 Å². The van der Waals surface area contributed by atoms with Gasteiger partial charge in [0.1, 0.15) is 0 Å². The summed E-state index contributed by atoms with van der Waals surface area (Å²) in [4.78, 5) is 10.3. The van der Waals surface area contributed by atoms with Gasteiger partial charge in [0.15, 0.2) is 0 Å². The highest BCUT2D eigenvalue weighted by Crippen LogP contribution is 2.41. The Morgan fingerprint density at radius 3 is 1.54 bits per heavy atom. The lowest BCUT2D eigenvalue weighted by Crippen LogP contribution is -1.95. The lowest BCUT2D eigenvalue weighted by Gasteiger charge is -2.17. The third kappa shape index (κ3) is 5.85. The summed E-state index contributed by atoms with van der Waals surface area (Å²) in [6.45, 7) is 4.15. The minimum atomic E-state index is 0.921. The second-order valence-corrected chi connectivity index (χ2v) is 13.5. The highest BCUT2D eigenvalue weighted by atomic mass is 14.7. The van der Waals surface area contributed by atoms with Crippen LogP contribution in [0.1, 0.15) is 11.4 Å². The van der Waals surface area contributed by atoms with E-state index in [0.717, 1.165) is 56.2 Å². The standard InChI is InChI=1S/C50H36N2/c1-33-25-26-42(34(2)51-33)38-27-39(48-30-37-19-9-10-21-44(37)46-23-13-14-24-47(46)48)29-41(28-38)50-32-40(31-49(52-50)36-17-7-4-8-18-36)45-22-12-11-20-43(45)35-15-5-3-6-16-35/h3-32H,1-2H3. The molecule has 0 fully saturated rings. The van der Waals surface area contributed by atoms with E-state index in [1.165, 1.54) is 43.8 Å². The number of nitrogens with zero attached hydrogens (tertiary/aromatic N) is 2. The summed E-state index contributed by atoms with van der Waals surface area (Å²) < 4.78 is 0. The van der Waals surface area contributed by atoms with E-state index in [4.69, 9.17) is 9.97 Å². The first-order valence-electron chi connectivity index (χ1n) is 17.8. The van der Waals surface area contributed by atoms with Crippen molar-refractivity contribution in [3.8, 4) is 67.0 Å². The Hall–Kier alpha value is -6.64. The average Bonchev–Trinajstić information content (AvgIpc) is 3.21. The van der Waals surface area contributed by atoms with Crippen LogP contribution >= 0.6 is 0 Å². The first kappa shape index (κ1) is 31.3. The Morgan fingerprint density at radius 1 is 0.308 bits per heavy atom. The molecule has 0 radical (unpaired) electrons. The van der Waals surface area contributed by atoms with Gasteiger partial charge in [-0.2, -0.15) is 0 Å². The topological polar surface area (TPSA) is 25.8 Å². The van der Waals surface area contributed by atoms with Gasteiger partial charge in [-0.05, 0) is 117 Å². The van der Waals surface area contributed by atoms with E-state index in [-0.39, 0.29) is 0 Å². The minimum absolute atomic E-state index is 0.921. The molecule has 0 atom stereocenters. The third-order valence-electron chi connectivity index (χ3n) is 10.1. The Kier molecular flexibility index (Phi) is 7.98. The second kappa shape index (κ2) is 13.2. The van der Waals surface area contributed by atoms with Crippen LogP contribution in [0.4, 0.5) is 0 Å². The average molecular weight is 665 g/mol. The molecule has 0 unspecified atom stereocenters. The number of rotatable bonds is 6. The molecular formula is C50H36N2. The Morgan fingerprint density at radius 2 is 0.827 bits per heavy atom. The monoisotopic (exact) mass is 664 g/mol. The molecule has 246 valence electrons. The maximum absolute atomic E-state index is 5.40. The fourth-order valence-corrected chi connectivity index (χ4v) is 7.57. The summed E-state index contributed by atoms with van der Waals surface area (Å²) in [5.74, 6) is 0. The van der Waals surface area contributed by atoms with Crippen molar-refractivity contribution in [3.63, 3.8) is 0 Å². The van der Waals surface area contributed by atoms with E-state index in [0.29, 0.717) is 0 Å². The van der Waals surface area contributed by atoms with Crippen molar-refractivity contribution in [1.82, 2.24) is 9.97 Å². The zero-order chi connectivity index (χ0) is 35.0. The predicted molar refractivity (Wildman–Crippen MR) is 219 cm³/mol. The minimum Gasteiger partial charge on any atom is -0.258 e. The first-order chi connectivity index (χ1) is 25.6. The first-order valence-corrected chi connectivity index (χ1v) is 17.8. The van der Waals surface area contributed by atoms with Gasteiger partial charge in [-0.1, -0.05) is 140 Å². The molecule has 0 aliphatic carbocycles. The van der Waals surface area contributed by atoms with Gasteiger partial charge in [0.2, 0.25) is 0 Å². The summed E-state index contributed by atoms with van der Waals surface area (Å²) >= 11 is 0. The largest absolute Gasteiger partial charge is 0.258 e. The lowest BCUT2D eigenvalue weighted by atomic mass is 9.89. The van der Waals surface area contributed by atoms with Gasteiger partial charge in [-0.25, -0.2) is 4.98 Å². The fourth-order valence-electron chi connectivity index (χ4n) is 7.57. The molecule has 2 heteroatoms. The molecule has 0 N–H and O–H groups in total. The van der Waals surface area contributed by atoms with E-state index in [9.17, 15) is 0 Å². The number of fused-ring (bicyclic) bond motifs is 3. The van der Waals surface area contributed by atoms with E-state index >= 15 is 0 Å². The summed E-state index contributed by atoms with van der Waals surface area (Å²) in [7, 11) is 0. The number of aromatic nitrogens is 2. The zero-order valence-corrected chi connectivity index (χ0v) is 29.2. The number of benzene rings is 7. The SMILES string of the molecule is Cc1ccc(-c2cc(-c3cc(-c4ccccc4-c4ccccc4)cc(-c4ccccc4)n3)cc(-c3cc4ccccc4c4ccccc34)c2)c(C)n1. The van der Waals surface area contributed by atoms with Gasteiger partial charge >= 0.3 is 0 Å². The number of pyridine rings is 2. The van der Waals surface area contributed by atoms with Crippen LogP contribution < -0.4 is 0 Å². The van der Waals surface area contributed by atoms with Crippen molar-refractivity contribution in [3.05, 3.63) is 193 Å². The van der Waals surface area contributed by atoms with Gasteiger partial charge in [0, 0.05) is 28.1 Å². The van der Waals surface area contributed by atoms with E-state index in [1.807, 2.05) is 6.92 Å². The van der Waals surface area contributed by atoms with Gasteiger partial charge in [-0.15, -0.1) is 0 Å². The molecule has 0 amide bonds. The fraction of sp³-hybridized carbons (Fsp3) is 0.0400. The highest BCUT2D eigenvalue weighted by Gasteiger charge is 2.17. The van der Waals surface area contributed by atoms with Crippen molar-refractivity contribution in [2.45, 2.75) is 13.8 Å². The van der Waals surface area contributed by atoms with Crippen LogP contribution in [0.15, 0.2) is 182 Å². The normalized spacial score (nSPS) is 11.3. The predicted octanol–water partition coefficient (Wildman–Crippen LogP) is 13.4. The zero-order valence-electron chi connectivity index (χ0n) is 29.2. The van der Waals surface area contributed by atoms with Crippen LogP contribution in [-0.4, -0.2) is 9.97 Å². The molecule has 0 spiro atoms. The molecule has 7 aromatic carbocycles. The number of hydrogen-bond acceptors (Lipinski definition) is 2. The Balaban J connectivity index is 1.33. The van der Waals surface area contributed by atoms with E-state index < -0.39 is 0 Å². The van der Waals surface area contributed by atoms with Crippen LogP contribution in [0.25, 0.3) is 88.6 Å². The summed E-state index contributed by atoms with van der Waals surface area (Å²) in [6.07, 6.45) is 0. The van der Waals surface area contributed by atoms with Crippen molar-refractivity contribution < 1.29 is 0 Å². The van der Waals surface area contributed by atoms with E-state index in [2.05, 4.69) is 189 Å². The maximum atomic E-state index is 5.40. The second-order valence-electron chi connectivity index (χ2n) is 13.5. The Bertz CT molecular complexity index is 2750. The van der Waals surface area contributed by atoms with Crippen LogP contribution in [0.3, 0.4) is 0 Å². The molecule has 0 aliphatic rings. The molecule has 0 saturated heterocycles. The lowest BCUT2D eigenvalue weighted by molar-refractivity contribution is 1.13. The van der Waals surface area contributed by atoms with Crippen LogP contribution in [-0.2, 0) is 0 Å². The van der Waals surface area contributed by atoms with Gasteiger partial charge in [0.25, 0.3) is 0 Å². The van der Waals surface area contributed by atoms with Crippen LogP contribution in [0, 0.1) is 13.8 Å². The van der Waals surface area contributed by atoms with Crippen LogP contribution in [0.5, 0.6) is 0 Å². The molecular weight excluding hydrogens is 629 g/mol. The van der Waals surface area contributed by atoms with Crippen molar-refractivity contribution >= 4 is 21.5 Å². The smallest absolute Gasteiger partial charge is 0.0716 e. The summed E-state index contributed by atoms with van der Waals surface area (Å²) in [5, 5.41) is 4.96. The van der Waals surface area contributed by atoms with Gasteiger partial charge in [0.05, 0.1) is 11.4 Å². The summed E-state index contributed by atoms with van der Waals surface area (Å²) in [6, 6.07) is 65.3. The molecule has 9 rings (SSSR count). The molecule has 52 heavy (non-hydrogen) atoms. The van der Waals surface area contributed by atoms with Crippen LogP contribution in [0.2, 0.25) is 0 Å². The molecule has 2 nitrogen and oxygen atoms in total. The number of hydrogen-bond donors (Lipinski definition) is 0. The molecule has 9 aromatic rings. The quantitative estimate of drug-likeness (QED) is 0.165. The summed E-state index contributed by atoms with van der Waals surface area (Å²) in [5.41, 5.74) is 15.3. The molecule has 0 bridgehead atoms. The Labute approximate surface area is 304 Å². The molecule has 0 saturated carbocycles. The third-order valence-corrected chi connectivity index (χ3v) is 10.1. The van der Waals surface area contributed by atoms with Crippen molar-refractivity contribution in [1.29, 1.82) is 0 Å². The molecule has 0 aliphatic heterocycles. The molecule has 2 heterocycles. The van der Waals surface area contributed by atoms with E-state index in [1.54, 1.807) is 0 Å². The molecule has 2 aromatic heterocycles. The maximum Gasteiger partial charge on any atom is 0.0716 e. The highest BCUT2D eigenvalue weighted by molar-refractivity contribution is 6.14. The van der Waals surface area contributed by atoms with Crippen molar-refractivity contribution in [2.75, 3.05) is 0 Å².